The number of aliphatic hydroxyl groups excluding tert-OH is 1. The molecule has 0 fully saturated rings. The monoisotopic (exact) mass is 328 g/mol. The smallest absolute Gasteiger partial charge is 0.239 e. The first-order valence-electron chi connectivity index (χ1n) is 6.42. The van der Waals surface area contributed by atoms with Crippen molar-refractivity contribution in [1.82, 2.24) is 5.32 Å². The molecule has 0 bridgehead atoms. The highest BCUT2D eigenvalue weighted by Gasteiger charge is 2.13. The first-order chi connectivity index (χ1) is 8.99. The lowest BCUT2D eigenvalue weighted by atomic mass is 10.1. The molecule has 0 radical (unpaired) electrons. The Morgan fingerprint density at radius 3 is 2.68 bits per heavy atom. The van der Waals surface area contributed by atoms with E-state index in [1.165, 1.54) is 0 Å². The molecule has 1 aromatic rings. The minimum Gasteiger partial charge on any atom is -0.389 e. The number of hydrogen-bond acceptors (Lipinski definition) is 3. The molecule has 1 rings (SSSR count). The van der Waals surface area contributed by atoms with Crippen molar-refractivity contribution >= 4 is 27.5 Å². The van der Waals surface area contributed by atoms with Crippen molar-refractivity contribution in [1.29, 1.82) is 0 Å². The van der Waals surface area contributed by atoms with Crippen molar-refractivity contribution in [2.45, 2.75) is 26.4 Å². The molecule has 106 valence electrons. The third-order valence-corrected chi connectivity index (χ3v) is 3.59. The minimum atomic E-state index is -0.512. The zero-order valence-corrected chi connectivity index (χ0v) is 13.2. The molecule has 0 aromatic heterocycles. The van der Waals surface area contributed by atoms with E-state index < -0.39 is 6.10 Å². The predicted octanol–water partition coefficient (Wildman–Crippen LogP) is 2.46. The summed E-state index contributed by atoms with van der Waals surface area (Å²) in [6.45, 7) is 4.96. The number of nitrogens with one attached hydrogen (secondary N) is 1. The van der Waals surface area contributed by atoms with Crippen molar-refractivity contribution in [3.05, 3.63) is 28.2 Å². The van der Waals surface area contributed by atoms with Crippen molar-refractivity contribution in [3.8, 4) is 0 Å². The Kier molecular flexibility index (Phi) is 6.31. The predicted molar refractivity (Wildman–Crippen MR) is 81.3 cm³/mol. The molecule has 0 aliphatic heterocycles. The van der Waals surface area contributed by atoms with E-state index in [0.717, 1.165) is 28.7 Å². The number of carbonyl (C=O) groups excluding carboxylic acids is 1. The van der Waals surface area contributed by atoms with Crippen molar-refractivity contribution in [3.63, 3.8) is 0 Å². The third kappa shape index (κ3) is 4.51. The molecule has 2 N–H and O–H groups in total. The van der Waals surface area contributed by atoms with E-state index >= 15 is 0 Å². The summed E-state index contributed by atoms with van der Waals surface area (Å²) in [5.41, 5.74) is 1.82. The van der Waals surface area contributed by atoms with Crippen LogP contribution >= 0.6 is 15.9 Å². The van der Waals surface area contributed by atoms with Crippen LogP contribution in [0.15, 0.2) is 22.7 Å². The summed E-state index contributed by atoms with van der Waals surface area (Å²) in [6, 6.07) is 5.77. The summed E-state index contributed by atoms with van der Waals surface area (Å²) in [4.78, 5) is 13.5. The van der Waals surface area contributed by atoms with Crippen molar-refractivity contribution in [2.75, 3.05) is 25.0 Å². The summed E-state index contributed by atoms with van der Waals surface area (Å²) in [7, 11) is 1.64. The van der Waals surface area contributed by atoms with Crippen molar-refractivity contribution in [2.24, 2.45) is 0 Å². The molecule has 4 nitrogen and oxygen atoms in total. The molecular weight excluding hydrogens is 308 g/mol. The lowest BCUT2D eigenvalue weighted by Crippen LogP contribution is -2.36. The molecule has 0 aliphatic rings. The number of halogens is 1. The molecule has 1 atom stereocenters. The van der Waals surface area contributed by atoms with Crippen LogP contribution in [-0.4, -0.2) is 31.2 Å². The number of likely N-dealkylation sites (N-methyl/N-ethyl adjacent to an activating group) is 1. The Bertz CT molecular complexity index is 435. The van der Waals surface area contributed by atoms with Gasteiger partial charge in [0.25, 0.3) is 0 Å². The summed E-state index contributed by atoms with van der Waals surface area (Å²) in [5.74, 6) is -0.0100. The molecule has 0 saturated carbocycles. The Labute approximate surface area is 122 Å². The third-order valence-electron chi connectivity index (χ3n) is 2.91. The van der Waals surface area contributed by atoms with E-state index in [-0.39, 0.29) is 5.91 Å². The van der Waals surface area contributed by atoms with E-state index in [2.05, 4.69) is 28.2 Å². The van der Waals surface area contributed by atoms with E-state index in [1.807, 2.05) is 23.1 Å². The molecule has 5 heteroatoms. The van der Waals surface area contributed by atoms with Gasteiger partial charge >= 0.3 is 0 Å². The Morgan fingerprint density at radius 2 is 2.21 bits per heavy atom. The minimum absolute atomic E-state index is 0.0100. The van der Waals surface area contributed by atoms with Crippen molar-refractivity contribution < 1.29 is 9.90 Å². The van der Waals surface area contributed by atoms with Crippen LogP contribution in [0.5, 0.6) is 0 Å². The number of aliphatic hydroxyl groups is 1. The van der Waals surface area contributed by atoms with Gasteiger partial charge in [-0.2, -0.15) is 0 Å². The lowest BCUT2D eigenvalue weighted by Gasteiger charge is -2.24. The average molecular weight is 329 g/mol. The summed E-state index contributed by atoms with van der Waals surface area (Å²) >= 11 is 3.46. The number of amides is 1. The number of carbonyl (C=O) groups is 1. The lowest BCUT2D eigenvalue weighted by molar-refractivity contribution is -0.119. The van der Waals surface area contributed by atoms with Gasteiger partial charge in [-0.1, -0.05) is 28.9 Å². The molecule has 1 aromatic carbocycles. The first kappa shape index (κ1) is 16.0. The normalized spacial score (nSPS) is 12.1. The van der Waals surface area contributed by atoms with Crippen LogP contribution in [0.2, 0.25) is 0 Å². The fourth-order valence-corrected chi connectivity index (χ4v) is 2.57. The Morgan fingerprint density at radius 1 is 1.53 bits per heavy atom. The SMILES string of the molecule is CCCN(CC(=O)NC)c1ccc([C@H](C)O)c(Br)c1. The van der Waals surface area contributed by atoms with E-state index in [9.17, 15) is 9.90 Å². The number of rotatable bonds is 6. The maximum absolute atomic E-state index is 11.5. The van der Waals surface area contributed by atoms with Crippen LogP contribution in [0, 0.1) is 0 Å². The highest BCUT2D eigenvalue weighted by atomic mass is 79.9. The van der Waals surface area contributed by atoms with Crippen LogP contribution in [-0.2, 0) is 4.79 Å². The standard InChI is InChI=1S/C14H21BrN2O2/c1-4-7-17(9-14(19)16-3)11-5-6-12(10(2)18)13(15)8-11/h5-6,8,10,18H,4,7,9H2,1-3H3,(H,16,19)/t10-/m0/s1. The molecule has 0 spiro atoms. The van der Waals surface area contributed by atoms with Gasteiger partial charge in [-0.3, -0.25) is 4.79 Å². The fourth-order valence-electron chi connectivity index (χ4n) is 1.87. The van der Waals surface area contributed by atoms with Gasteiger partial charge in [0.1, 0.15) is 0 Å². The quantitative estimate of drug-likeness (QED) is 0.843. The molecular formula is C14H21BrN2O2. The topological polar surface area (TPSA) is 52.6 Å². The van der Waals surface area contributed by atoms with Crippen LogP contribution in [0.3, 0.4) is 0 Å². The molecule has 0 saturated heterocycles. The second kappa shape index (κ2) is 7.50. The Balaban J connectivity index is 2.96. The van der Waals surface area contributed by atoms with Gasteiger partial charge < -0.3 is 15.3 Å². The first-order valence-corrected chi connectivity index (χ1v) is 7.22. The second-order valence-corrected chi connectivity index (χ2v) is 5.33. The molecule has 1 amide bonds. The molecule has 19 heavy (non-hydrogen) atoms. The average Bonchev–Trinajstić information content (AvgIpc) is 2.37. The summed E-state index contributed by atoms with van der Waals surface area (Å²) in [6.07, 6.45) is 0.453. The van der Waals surface area contributed by atoms with E-state index in [0.29, 0.717) is 6.54 Å². The van der Waals surface area contributed by atoms with Crippen LogP contribution in [0.25, 0.3) is 0 Å². The number of benzene rings is 1. The summed E-state index contributed by atoms with van der Waals surface area (Å²) < 4.78 is 0.859. The van der Waals surface area contributed by atoms with Gasteiger partial charge in [0.2, 0.25) is 5.91 Å². The maximum Gasteiger partial charge on any atom is 0.239 e. The summed E-state index contributed by atoms with van der Waals surface area (Å²) in [5, 5.41) is 12.2. The van der Waals surface area contributed by atoms with Gasteiger partial charge in [0, 0.05) is 23.8 Å². The number of anilines is 1. The number of hydrogen-bond donors (Lipinski definition) is 2. The zero-order chi connectivity index (χ0) is 14.4. The van der Waals surface area contributed by atoms with E-state index in [1.54, 1.807) is 14.0 Å². The largest absolute Gasteiger partial charge is 0.389 e. The second-order valence-electron chi connectivity index (χ2n) is 4.48. The van der Waals surface area contributed by atoms with Gasteiger partial charge in [0.05, 0.1) is 12.6 Å². The van der Waals surface area contributed by atoms with Crippen LogP contribution < -0.4 is 10.2 Å². The zero-order valence-electron chi connectivity index (χ0n) is 11.6. The molecule has 0 heterocycles. The highest BCUT2D eigenvalue weighted by molar-refractivity contribution is 9.10. The highest BCUT2D eigenvalue weighted by Crippen LogP contribution is 2.28. The van der Waals surface area contributed by atoms with Gasteiger partial charge in [-0.25, -0.2) is 0 Å². The van der Waals surface area contributed by atoms with Crippen LogP contribution in [0.1, 0.15) is 31.9 Å². The van der Waals surface area contributed by atoms with Gasteiger partial charge in [-0.15, -0.1) is 0 Å². The Hall–Kier alpha value is -1.07. The molecule has 0 aliphatic carbocycles. The fraction of sp³-hybridized carbons (Fsp3) is 0.500. The van der Waals surface area contributed by atoms with Crippen LogP contribution in [0.4, 0.5) is 5.69 Å². The maximum atomic E-state index is 11.5. The van der Waals surface area contributed by atoms with Gasteiger partial charge in [0.15, 0.2) is 0 Å². The van der Waals surface area contributed by atoms with E-state index in [4.69, 9.17) is 0 Å². The van der Waals surface area contributed by atoms with Gasteiger partial charge in [-0.05, 0) is 31.0 Å². The number of nitrogens with zero attached hydrogens (tertiary/aromatic N) is 1. The molecule has 0 unspecified atom stereocenters.